The van der Waals surface area contributed by atoms with E-state index in [-0.39, 0.29) is 26.0 Å². The fraction of sp³-hybridized carbons (Fsp3) is 0.571. The van der Waals surface area contributed by atoms with E-state index in [9.17, 15) is 18.3 Å². The Hall–Kier alpha value is -1.27. The first-order chi connectivity index (χ1) is 9.32. The van der Waals surface area contributed by atoms with Crippen LogP contribution in [0.3, 0.4) is 0 Å². The van der Waals surface area contributed by atoms with Gasteiger partial charge in [-0.05, 0) is 31.9 Å². The first-order valence-electron chi connectivity index (χ1n) is 6.52. The molecule has 1 aromatic rings. The summed E-state index contributed by atoms with van der Waals surface area (Å²) < 4.78 is 43.3. The number of aryl methyl sites for hydroxylation is 1. The number of β-amino-alcohol motifs (C(OH)–C–C–N with tert-alkyl or cyclic N) is 1. The number of halogens is 3. The molecule has 1 atom stereocenters. The highest BCUT2D eigenvalue weighted by molar-refractivity contribution is 5.26. The van der Waals surface area contributed by atoms with Gasteiger partial charge >= 0.3 is 6.18 Å². The van der Waals surface area contributed by atoms with Crippen LogP contribution in [0, 0.1) is 6.92 Å². The van der Waals surface area contributed by atoms with Gasteiger partial charge in [-0.2, -0.15) is 13.2 Å². The van der Waals surface area contributed by atoms with Crippen LogP contribution in [0.25, 0.3) is 0 Å². The molecule has 0 radical (unpaired) electrons. The van der Waals surface area contributed by atoms with Crippen LogP contribution < -0.4 is 10.1 Å². The highest BCUT2D eigenvalue weighted by atomic mass is 19.4. The van der Waals surface area contributed by atoms with Gasteiger partial charge < -0.3 is 15.2 Å². The van der Waals surface area contributed by atoms with Crippen molar-refractivity contribution in [1.82, 2.24) is 5.32 Å². The minimum Gasteiger partial charge on any atom is -0.491 e. The Bertz CT molecular complexity index is 441. The molecule has 0 saturated heterocycles. The first kappa shape index (κ1) is 15.1. The van der Waals surface area contributed by atoms with Crippen molar-refractivity contribution in [2.45, 2.75) is 37.6 Å². The lowest BCUT2D eigenvalue weighted by molar-refractivity contribution is -0.166. The molecule has 1 fully saturated rings. The third-order valence-electron chi connectivity index (χ3n) is 3.43. The van der Waals surface area contributed by atoms with Crippen molar-refractivity contribution in [3.05, 3.63) is 29.8 Å². The molecule has 1 aliphatic rings. The molecule has 1 aromatic carbocycles. The molecule has 0 bridgehead atoms. The Morgan fingerprint density at radius 3 is 2.40 bits per heavy atom. The summed E-state index contributed by atoms with van der Waals surface area (Å²) in [5.74, 6) is 0.589. The van der Waals surface area contributed by atoms with E-state index in [4.69, 9.17) is 4.74 Å². The Morgan fingerprint density at radius 1 is 1.30 bits per heavy atom. The maximum Gasteiger partial charge on any atom is 0.406 e. The molecule has 3 nitrogen and oxygen atoms in total. The van der Waals surface area contributed by atoms with Crippen molar-refractivity contribution in [1.29, 1.82) is 0 Å². The van der Waals surface area contributed by atoms with Crippen molar-refractivity contribution < 1.29 is 23.0 Å². The molecule has 0 spiro atoms. The van der Waals surface area contributed by atoms with Gasteiger partial charge in [-0.15, -0.1) is 0 Å². The van der Waals surface area contributed by atoms with Gasteiger partial charge in [-0.25, -0.2) is 0 Å². The van der Waals surface area contributed by atoms with Gasteiger partial charge in [0.15, 0.2) is 0 Å². The predicted octanol–water partition coefficient (Wildman–Crippen LogP) is 2.42. The van der Waals surface area contributed by atoms with E-state index in [2.05, 4.69) is 5.32 Å². The van der Waals surface area contributed by atoms with E-state index >= 15 is 0 Å². The van der Waals surface area contributed by atoms with Crippen molar-refractivity contribution in [3.8, 4) is 5.75 Å². The Balaban J connectivity index is 1.73. The number of aliphatic hydroxyl groups excluding tert-OH is 1. The molecule has 20 heavy (non-hydrogen) atoms. The summed E-state index contributed by atoms with van der Waals surface area (Å²) in [6.45, 7) is 1.77. The van der Waals surface area contributed by atoms with Gasteiger partial charge in [-0.3, -0.25) is 0 Å². The van der Waals surface area contributed by atoms with Gasteiger partial charge in [0.05, 0.1) is 0 Å². The second-order valence-corrected chi connectivity index (χ2v) is 5.24. The van der Waals surface area contributed by atoms with Crippen molar-refractivity contribution in [2.24, 2.45) is 0 Å². The molecule has 2 rings (SSSR count). The number of hydrogen-bond donors (Lipinski definition) is 2. The highest BCUT2D eigenvalue weighted by Gasteiger charge is 2.63. The zero-order valence-electron chi connectivity index (χ0n) is 11.2. The van der Waals surface area contributed by atoms with Gasteiger partial charge in [0, 0.05) is 6.54 Å². The fourth-order valence-corrected chi connectivity index (χ4v) is 1.88. The van der Waals surface area contributed by atoms with Gasteiger partial charge in [0.2, 0.25) is 0 Å². The Labute approximate surface area is 115 Å². The minimum atomic E-state index is -4.26. The second-order valence-electron chi connectivity index (χ2n) is 5.24. The number of rotatable bonds is 6. The normalized spacial score (nSPS) is 18.6. The molecule has 1 saturated carbocycles. The summed E-state index contributed by atoms with van der Waals surface area (Å²) in [4.78, 5) is 0. The fourth-order valence-electron chi connectivity index (χ4n) is 1.88. The average Bonchev–Trinajstić information content (AvgIpc) is 3.16. The van der Waals surface area contributed by atoms with Crippen molar-refractivity contribution in [2.75, 3.05) is 13.2 Å². The lowest BCUT2D eigenvalue weighted by Gasteiger charge is -2.22. The van der Waals surface area contributed by atoms with Crippen LogP contribution in [0.1, 0.15) is 18.4 Å². The maximum absolute atomic E-state index is 12.7. The zero-order chi connectivity index (χ0) is 14.8. The van der Waals surface area contributed by atoms with Gasteiger partial charge in [-0.1, -0.05) is 17.7 Å². The first-order valence-corrected chi connectivity index (χ1v) is 6.52. The molecule has 1 aliphatic carbocycles. The topological polar surface area (TPSA) is 41.5 Å². The standard InChI is InChI=1S/C14H18F3NO2/c1-10-2-4-12(5-3-10)20-9-11(19)8-18-13(6-7-13)14(15,16)17/h2-5,11,18-19H,6-9H2,1H3. The van der Waals surface area contributed by atoms with Crippen LogP contribution in [0.15, 0.2) is 24.3 Å². The molecule has 6 heteroatoms. The van der Waals surface area contributed by atoms with E-state index in [1.165, 1.54) is 0 Å². The Morgan fingerprint density at radius 2 is 1.90 bits per heavy atom. The van der Waals surface area contributed by atoms with E-state index in [1.807, 2.05) is 19.1 Å². The molecular weight excluding hydrogens is 271 g/mol. The van der Waals surface area contributed by atoms with E-state index < -0.39 is 17.8 Å². The molecule has 0 heterocycles. The van der Waals surface area contributed by atoms with Crippen LogP contribution in [0.4, 0.5) is 13.2 Å². The van der Waals surface area contributed by atoms with Crippen LogP contribution >= 0.6 is 0 Å². The summed E-state index contributed by atoms with van der Waals surface area (Å²) in [7, 11) is 0. The minimum absolute atomic E-state index is 0.0377. The summed E-state index contributed by atoms with van der Waals surface area (Å²) in [6.07, 6.45) is -5.09. The van der Waals surface area contributed by atoms with Gasteiger partial charge in [0.1, 0.15) is 24.0 Å². The highest BCUT2D eigenvalue weighted by Crippen LogP contribution is 2.48. The molecule has 112 valence electrons. The van der Waals surface area contributed by atoms with E-state index in [0.717, 1.165) is 5.56 Å². The maximum atomic E-state index is 12.7. The van der Waals surface area contributed by atoms with Crippen LogP contribution in [0.2, 0.25) is 0 Å². The second kappa shape index (κ2) is 5.61. The molecule has 0 aromatic heterocycles. The summed E-state index contributed by atoms with van der Waals surface area (Å²) >= 11 is 0. The molecular formula is C14H18F3NO2. The third-order valence-corrected chi connectivity index (χ3v) is 3.43. The lowest BCUT2D eigenvalue weighted by Crippen LogP contribution is -2.48. The van der Waals surface area contributed by atoms with E-state index in [1.54, 1.807) is 12.1 Å². The summed E-state index contributed by atoms with van der Waals surface area (Å²) in [6, 6.07) is 7.24. The quantitative estimate of drug-likeness (QED) is 0.845. The lowest BCUT2D eigenvalue weighted by atomic mass is 10.2. The monoisotopic (exact) mass is 289 g/mol. The SMILES string of the molecule is Cc1ccc(OCC(O)CNC2(C(F)(F)F)CC2)cc1. The summed E-state index contributed by atoms with van der Waals surface area (Å²) in [5.41, 5.74) is -0.710. The van der Waals surface area contributed by atoms with Crippen LogP contribution in [0.5, 0.6) is 5.75 Å². The van der Waals surface area contributed by atoms with Gasteiger partial charge in [0.25, 0.3) is 0 Å². The van der Waals surface area contributed by atoms with Crippen LogP contribution in [-0.4, -0.2) is 36.1 Å². The molecule has 0 aliphatic heterocycles. The number of benzene rings is 1. The largest absolute Gasteiger partial charge is 0.491 e. The zero-order valence-corrected chi connectivity index (χ0v) is 11.2. The third kappa shape index (κ3) is 3.64. The molecule has 0 amide bonds. The molecule has 2 N–H and O–H groups in total. The number of ether oxygens (including phenoxy) is 1. The molecule has 1 unspecified atom stereocenters. The number of hydrogen-bond acceptors (Lipinski definition) is 3. The Kier molecular flexibility index (Phi) is 4.25. The summed E-state index contributed by atoms with van der Waals surface area (Å²) in [5, 5.41) is 12.1. The average molecular weight is 289 g/mol. The smallest absolute Gasteiger partial charge is 0.406 e. The number of alkyl halides is 3. The van der Waals surface area contributed by atoms with Crippen molar-refractivity contribution >= 4 is 0 Å². The predicted molar refractivity (Wildman–Crippen MR) is 68.7 cm³/mol. The number of aliphatic hydroxyl groups is 1. The van der Waals surface area contributed by atoms with Crippen LogP contribution in [-0.2, 0) is 0 Å². The number of nitrogens with one attached hydrogen (secondary N) is 1. The van der Waals surface area contributed by atoms with E-state index in [0.29, 0.717) is 5.75 Å². The van der Waals surface area contributed by atoms with Crippen molar-refractivity contribution in [3.63, 3.8) is 0 Å².